The van der Waals surface area contributed by atoms with E-state index in [1.807, 2.05) is 0 Å². The maximum atomic E-state index is 12.6. The molecule has 3 aliphatic heterocycles. The number of hydrogen-bond acceptors (Lipinski definition) is 6. The van der Waals surface area contributed by atoms with Crippen LogP contribution in [0.1, 0.15) is 52.9 Å². The smallest absolute Gasteiger partial charge is 0.407 e. The largest absolute Gasteiger partial charge is 0.443 e. The molecule has 4 fully saturated rings. The maximum Gasteiger partial charge on any atom is 0.407 e. The first-order valence-electron chi connectivity index (χ1n) is 11.4. The molecule has 4 rings (SSSR count). The lowest BCUT2D eigenvalue weighted by atomic mass is 9.68. The Bertz CT molecular complexity index is 667. The van der Waals surface area contributed by atoms with Crippen LogP contribution in [-0.4, -0.2) is 80.4 Å². The SMILES string of the molecule is CO[C@@H]1[C@H](OC(=O)NC2CCN(C)CC2)CC[C@]2(CO2)[C@H]1[C@@]1(C)O[C@@H]1CC=C(C)C. The minimum absolute atomic E-state index is 0.0560. The van der Waals surface area contributed by atoms with Crippen molar-refractivity contribution in [2.24, 2.45) is 5.92 Å². The number of nitrogens with one attached hydrogen (secondary N) is 1. The Morgan fingerprint density at radius 2 is 1.97 bits per heavy atom. The van der Waals surface area contributed by atoms with Crippen molar-refractivity contribution in [2.75, 3.05) is 33.9 Å². The Morgan fingerprint density at radius 3 is 2.57 bits per heavy atom. The van der Waals surface area contributed by atoms with E-state index >= 15 is 0 Å². The van der Waals surface area contributed by atoms with Gasteiger partial charge in [-0.15, -0.1) is 0 Å². The number of amides is 1. The molecule has 4 aliphatic rings. The summed E-state index contributed by atoms with van der Waals surface area (Å²) in [5, 5.41) is 3.06. The van der Waals surface area contributed by atoms with E-state index in [2.05, 4.69) is 44.1 Å². The zero-order valence-electron chi connectivity index (χ0n) is 19.1. The van der Waals surface area contributed by atoms with E-state index in [9.17, 15) is 4.79 Å². The van der Waals surface area contributed by atoms with Crippen molar-refractivity contribution < 1.29 is 23.7 Å². The first kappa shape index (κ1) is 22.1. The lowest BCUT2D eigenvalue weighted by Gasteiger charge is -2.42. The highest BCUT2D eigenvalue weighted by Crippen LogP contribution is 2.59. The quantitative estimate of drug-likeness (QED) is 0.524. The van der Waals surface area contributed by atoms with Gasteiger partial charge in [0.05, 0.1) is 18.6 Å². The number of carbonyl (C=O) groups is 1. The van der Waals surface area contributed by atoms with Crippen LogP contribution in [0.15, 0.2) is 11.6 Å². The molecule has 1 amide bonds. The summed E-state index contributed by atoms with van der Waals surface area (Å²) in [7, 11) is 3.82. The number of rotatable bonds is 6. The van der Waals surface area contributed by atoms with Gasteiger partial charge in [0.1, 0.15) is 23.4 Å². The minimum Gasteiger partial charge on any atom is -0.443 e. The number of ether oxygens (including phenoxy) is 4. The Kier molecular flexibility index (Phi) is 6.19. The predicted octanol–water partition coefficient (Wildman–Crippen LogP) is 2.88. The standard InChI is InChI=1S/C23H38N2O5/c1-15(2)6-7-18-22(3,30-18)20-19(27-5)17(8-11-23(20)14-28-23)29-21(26)24-16-9-12-25(4)13-10-16/h6,16-20H,7-14H2,1-5H3,(H,24,26)/t17-,18-,19-,20-,22+,23+/m1/s1. The van der Waals surface area contributed by atoms with Crippen LogP contribution < -0.4 is 5.32 Å². The normalized spacial score (nSPS) is 41.4. The molecule has 0 radical (unpaired) electrons. The average molecular weight is 423 g/mol. The summed E-state index contributed by atoms with van der Waals surface area (Å²) in [6.45, 7) is 9.12. The number of epoxide rings is 2. The van der Waals surface area contributed by atoms with Gasteiger partial charge in [0.15, 0.2) is 0 Å². The number of piperidine rings is 1. The van der Waals surface area contributed by atoms with Gasteiger partial charge in [-0.1, -0.05) is 11.6 Å². The topological polar surface area (TPSA) is 75.9 Å². The summed E-state index contributed by atoms with van der Waals surface area (Å²) >= 11 is 0. The van der Waals surface area contributed by atoms with Crippen LogP contribution in [0.25, 0.3) is 0 Å². The Labute approximate surface area is 180 Å². The van der Waals surface area contributed by atoms with Crippen molar-refractivity contribution in [1.29, 1.82) is 0 Å². The average Bonchev–Trinajstić information content (AvgIpc) is 3.61. The molecular weight excluding hydrogens is 384 g/mol. The second-order valence-corrected chi connectivity index (χ2v) is 10.0. The van der Waals surface area contributed by atoms with E-state index in [-0.39, 0.29) is 47.6 Å². The summed E-state index contributed by atoms with van der Waals surface area (Å²) in [4.78, 5) is 14.9. The number of alkyl carbamates (subject to hydrolysis) is 1. The monoisotopic (exact) mass is 422 g/mol. The van der Waals surface area contributed by atoms with E-state index in [0.717, 1.165) is 51.8 Å². The molecule has 30 heavy (non-hydrogen) atoms. The van der Waals surface area contributed by atoms with Gasteiger partial charge in [-0.05, 0) is 73.0 Å². The zero-order valence-corrected chi connectivity index (χ0v) is 19.1. The van der Waals surface area contributed by atoms with E-state index in [1.165, 1.54) is 5.57 Å². The van der Waals surface area contributed by atoms with E-state index in [0.29, 0.717) is 0 Å². The van der Waals surface area contributed by atoms with Crippen LogP contribution >= 0.6 is 0 Å². The highest BCUT2D eigenvalue weighted by atomic mass is 16.6. The Balaban J connectivity index is 1.40. The van der Waals surface area contributed by atoms with Gasteiger partial charge >= 0.3 is 6.09 Å². The maximum absolute atomic E-state index is 12.6. The summed E-state index contributed by atoms with van der Waals surface area (Å²) in [6, 6.07) is 0.185. The van der Waals surface area contributed by atoms with Gasteiger partial charge in [-0.25, -0.2) is 4.79 Å². The van der Waals surface area contributed by atoms with E-state index < -0.39 is 0 Å². The van der Waals surface area contributed by atoms with Gasteiger partial charge in [0.25, 0.3) is 0 Å². The lowest BCUT2D eigenvalue weighted by molar-refractivity contribution is -0.118. The molecule has 3 saturated heterocycles. The van der Waals surface area contributed by atoms with Gasteiger partial charge < -0.3 is 29.2 Å². The van der Waals surface area contributed by atoms with Crippen molar-refractivity contribution in [3.8, 4) is 0 Å². The molecule has 0 aromatic rings. The van der Waals surface area contributed by atoms with Gasteiger partial charge in [0, 0.05) is 13.2 Å². The van der Waals surface area contributed by atoms with Crippen molar-refractivity contribution in [3.05, 3.63) is 11.6 Å². The van der Waals surface area contributed by atoms with E-state index in [4.69, 9.17) is 18.9 Å². The summed E-state index contributed by atoms with van der Waals surface area (Å²) < 4.78 is 24.1. The fourth-order valence-electron chi connectivity index (χ4n) is 5.56. The molecule has 1 aliphatic carbocycles. The van der Waals surface area contributed by atoms with Crippen molar-refractivity contribution >= 4 is 6.09 Å². The zero-order chi connectivity index (χ0) is 21.5. The van der Waals surface area contributed by atoms with Gasteiger partial charge in [-0.2, -0.15) is 0 Å². The Morgan fingerprint density at radius 1 is 1.27 bits per heavy atom. The molecular formula is C23H38N2O5. The molecule has 1 spiro atoms. The molecule has 0 bridgehead atoms. The van der Waals surface area contributed by atoms with Crippen molar-refractivity contribution in [2.45, 2.75) is 88.4 Å². The van der Waals surface area contributed by atoms with Crippen LogP contribution in [-0.2, 0) is 18.9 Å². The molecule has 7 nitrogen and oxygen atoms in total. The number of nitrogens with zero attached hydrogens (tertiary/aromatic N) is 1. The molecule has 1 saturated carbocycles. The molecule has 7 heteroatoms. The number of hydrogen-bond donors (Lipinski definition) is 1. The van der Waals surface area contributed by atoms with Crippen LogP contribution in [0, 0.1) is 5.92 Å². The molecule has 1 N–H and O–H groups in total. The second-order valence-electron chi connectivity index (χ2n) is 10.0. The molecule has 6 atom stereocenters. The van der Waals surface area contributed by atoms with E-state index in [1.54, 1.807) is 7.11 Å². The van der Waals surface area contributed by atoms with Crippen molar-refractivity contribution in [3.63, 3.8) is 0 Å². The van der Waals surface area contributed by atoms with Crippen molar-refractivity contribution in [1.82, 2.24) is 10.2 Å². The van der Waals surface area contributed by atoms with Crippen LogP contribution in [0.2, 0.25) is 0 Å². The third-order valence-corrected chi connectivity index (χ3v) is 7.54. The van der Waals surface area contributed by atoms with Gasteiger partial charge in [-0.3, -0.25) is 0 Å². The summed E-state index contributed by atoms with van der Waals surface area (Å²) in [6.07, 6.45) is 5.98. The lowest BCUT2D eigenvalue weighted by Crippen LogP contribution is -2.56. The number of likely N-dealkylation sites (tertiary alicyclic amines) is 1. The molecule has 0 aromatic heterocycles. The molecule has 0 aromatic carbocycles. The van der Waals surface area contributed by atoms with Crippen LogP contribution in [0.3, 0.4) is 0 Å². The number of carbonyl (C=O) groups excluding carboxylic acids is 1. The first-order valence-corrected chi connectivity index (χ1v) is 11.4. The molecule has 0 unspecified atom stereocenters. The fourth-order valence-corrected chi connectivity index (χ4v) is 5.56. The third kappa shape index (κ3) is 4.40. The third-order valence-electron chi connectivity index (χ3n) is 7.54. The summed E-state index contributed by atoms with van der Waals surface area (Å²) in [5.41, 5.74) is 0.790. The minimum atomic E-state index is -0.328. The van der Waals surface area contributed by atoms with Crippen LogP contribution in [0.5, 0.6) is 0 Å². The number of methoxy groups -OCH3 is 1. The highest BCUT2D eigenvalue weighted by molar-refractivity contribution is 5.68. The Hall–Kier alpha value is -1.15. The first-order chi connectivity index (χ1) is 14.3. The second kappa shape index (κ2) is 8.41. The van der Waals surface area contributed by atoms with Gasteiger partial charge in [0.2, 0.25) is 0 Å². The summed E-state index contributed by atoms with van der Waals surface area (Å²) in [5.74, 6) is 0.0560. The highest BCUT2D eigenvalue weighted by Gasteiger charge is 2.72. The van der Waals surface area contributed by atoms with Crippen LogP contribution in [0.4, 0.5) is 4.79 Å². The molecule has 3 heterocycles. The fraction of sp³-hybridized carbons (Fsp3) is 0.870. The number of allylic oxidation sites excluding steroid dienone is 1. The predicted molar refractivity (Wildman–Crippen MR) is 113 cm³/mol. The molecule has 170 valence electrons.